The Hall–Kier alpha value is -1.74. The Kier molecular flexibility index (Phi) is 5.83. The Labute approximate surface area is 115 Å². The lowest BCUT2D eigenvalue weighted by molar-refractivity contribution is -0.0498. The number of sulfonamides is 1. The van der Waals surface area contributed by atoms with Gasteiger partial charge in [-0.1, -0.05) is 0 Å². The molecule has 0 aromatic heterocycles. The van der Waals surface area contributed by atoms with Crippen molar-refractivity contribution in [2.24, 2.45) is 0 Å². The molecule has 0 heterocycles. The van der Waals surface area contributed by atoms with Gasteiger partial charge < -0.3 is 10.1 Å². The molecule has 0 saturated carbocycles. The predicted octanol–water partition coefficient (Wildman–Crippen LogP) is 0.567. The first-order chi connectivity index (χ1) is 9.28. The Balaban J connectivity index is 2.44. The van der Waals surface area contributed by atoms with E-state index in [1.165, 1.54) is 24.3 Å². The van der Waals surface area contributed by atoms with Crippen LogP contribution < -0.4 is 14.8 Å². The maximum absolute atomic E-state index is 11.9. The second kappa shape index (κ2) is 7.15. The molecule has 0 fully saturated rings. The van der Waals surface area contributed by atoms with Crippen molar-refractivity contribution < 1.29 is 26.7 Å². The van der Waals surface area contributed by atoms with E-state index in [0.29, 0.717) is 0 Å². The van der Waals surface area contributed by atoms with Crippen molar-refractivity contribution in [3.63, 3.8) is 0 Å². The number of carbonyl (C=O) groups excluding carboxylic acids is 1. The molecule has 6 nitrogen and oxygen atoms in total. The van der Waals surface area contributed by atoms with E-state index in [1.807, 2.05) is 0 Å². The number of rotatable bonds is 7. The Bertz CT molecular complexity index is 546. The first-order valence-electron chi connectivity index (χ1n) is 5.55. The summed E-state index contributed by atoms with van der Waals surface area (Å²) in [5.41, 5.74) is 0.256. The summed E-state index contributed by atoms with van der Waals surface area (Å²) in [5.74, 6) is -0.487. The van der Waals surface area contributed by atoms with E-state index in [9.17, 15) is 22.0 Å². The first-order valence-corrected chi connectivity index (χ1v) is 7.45. The van der Waals surface area contributed by atoms with Gasteiger partial charge in [0.25, 0.3) is 5.91 Å². The van der Waals surface area contributed by atoms with E-state index < -0.39 is 22.5 Å². The molecule has 0 aliphatic carbocycles. The molecule has 0 saturated heterocycles. The van der Waals surface area contributed by atoms with Gasteiger partial charge in [0.2, 0.25) is 10.0 Å². The van der Waals surface area contributed by atoms with Crippen LogP contribution in [-0.4, -0.2) is 40.3 Å². The van der Waals surface area contributed by atoms with E-state index in [0.717, 1.165) is 6.26 Å². The molecular formula is C11H14F2N2O4S. The van der Waals surface area contributed by atoms with Crippen LogP contribution in [0, 0.1) is 0 Å². The molecule has 0 bridgehead atoms. The van der Waals surface area contributed by atoms with Gasteiger partial charge in [-0.15, -0.1) is 0 Å². The van der Waals surface area contributed by atoms with Gasteiger partial charge in [0.05, 0.1) is 6.26 Å². The van der Waals surface area contributed by atoms with Gasteiger partial charge in [0, 0.05) is 18.7 Å². The monoisotopic (exact) mass is 308 g/mol. The van der Waals surface area contributed by atoms with E-state index in [4.69, 9.17) is 0 Å². The van der Waals surface area contributed by atoms with Crippen LogP contribution in [0.15, 0.2) is 24.3 Å². The largest absolute Gasteiger partial charge is 0.435 e. The Morgan fingerprint density at radius 1 is 1.25 bits per heavy atom. The third-order valence-corrected chi connectivity index (χ3v) is 2.84. The molecule has 1 aromatic carbocycles. The summed E-state index contributed by atoms with van der Waals surface area (Å²) < 4.78 is 51.7. The molecule has 1 rings (SSSR count). The summed E-state index contributed by atoms with van der Waals surface area (Å²) >= 11 is 0. The highest BCUT2D eigenvalue weighted by atomic mass is 32.2. The van der Waals surface area contributed by atoms with E-state index in [2.05, 4.69) is 14.8 Å². The highest BCUT2D eigenvalue weighted by molar-refractivity contribution is 7.88. The average molecular weight is 308 g/mol. The molecule has 0 spiro atoms. The van der Waals surface area contributed by atoms with Crippen LogP contribution in [0.2, 0.25) is 0 Å². The topological polar surface area (TPSA) is 84.5 Å². The smallest absolute Gasteiger partial charge is 0.387 e. The molecule has 20 heavy (non-hydrogen) atoms. The number of hydrogen-bond donors (Lipinski definition) is 2. The molecule has 0 unspecified atom stereocenters. The predicted molar refractivity (Wildman–Crippen MR) is 68.3 cm³/mol. The van der Waals surface area contributed by atoms with Gasteiger partial charge in [-0.05, 0) is 24.3 Å². The van der Waals surface area contributed by atoms with Gasteiger partial charge in [0.15, 0.2) is 0 Å². The number of nitrogens with one attached hydrogen (secondary N) is 2. The van der Waals surface area contributed by atoms with E-state index >= 15 is 0 Å². The molecule has 1 aromatic rings. The van der Waals surface area contributed by atoms with E-state index in [-0.39, 0.29) is 24.4 Å². The maximum atomic E-state index is 11.9. The van der Waals surface area contributed by atoms with Crippen molar-refractivity contribution in [1.29, 1.82) is 0 Å². The molecule has 0 aliphatic heterocycles. The van der Waals surface area contributed by atoms with Crippen LogP contribution in [0.5, 0.6) is 5.75 Å². The van der Waals surface area contributed by atoms with Crippen molar-refractivity contribution in [2.45, 2.75) is 6.61 Å². The van der Waals surface area contributed by atoms with Crippen LogP contribution in [-0.2, 0) is 10.0 Å². The fourth-order valence-electron chi connectivity index (χ4n) is 1.30. The summed E-state index contributed by atoms with van der Waals surface area (Å²) in [4.78, 5) is 11.6. The van der Waals surface area contributed by atoms with Gasteiger partial charge in [-0.25, -0.2) is 13.1 Å². The van der Waals surface area contributed by atoms with Crippen LogP contribution in [0.4, 0.5) is 8.78 Å². The summed E-state index contributed by atoms with van der Waals surface area (Å²) in [6.45, 7) is -2.74. The summed E-state index contributed by atoms with van der Waals surface area (Å²) in [7, 11) is -3.29. The number of halogens is 2. The minimum atomic E-state index is -3.29. The third-order valence-electron chi connectivity index (χ3n) is 2.12. The van der Waals surface area contributed by atoms with Crippen molar-refractivity contribution in [2.75, 3.05) is 19.3 Å². The van der Waals surface area contributed by atoms with Crippen LogP contribution in [0.3, 0.4) is 0 Å². The summed E-state index contributed by atoms with van der Waals surface area (Å²) in [6, 6.07) is 5.15. The van der Waals surface area contributed by atoms with Gasteiger partial charge in [-0.2, -0.15) is 8.78 Å². The Morgan fingerprint density at radius 3 is 2.35 bits per heavy atom. The quantitative estimate of drug-likeness (QED) is 0.721. The number of ether oxygens (including phenoxy) is 1. The lowest BCUT2D eigenvalue weighted by atomic mass is 10.2. The van der Waals surface area contributed by atoms with Gasteiger partial charge in [0.1, 0.15) is 5.75 Å². The normalized spacial score (nSPS) is 11.4. The average Bonchev–Trinajstić information content (AvgIpc) is 2.33. The third kappa shape index (κ3) is 6.43. The van der Waals surface area contributed by atoms with Crippen molar-refractivity contribution in [1.82, 2.24) is 10.0 Å². The lowest BCUT2D eigenvalue weighted by Crippen LogP contribution is -2.34. The zero-order valence-corrected chi connectivity index (χ0v) is 11.4. The highest BCUT2D eigenvalue weighted by Gasteiger charge is 2.08. The van der Waals surface area contributed by atoms with Gasteiger partial charge in [-0.3, -0.25) is 4.79 Å². The zero-order chi connectivity index (χ0) is 15.2. The van der Waals surface area contributed by atoms with E-state index in [1.54, 1.807) is 0 Å². The molecule has 2 N–H and O–H groups in total. The first kappa shape index (κ1) is 16.3. The number of alkyl halides is 2. The lowest BCUT2D eigenvalue weighted by Gasteiger charge is -2.07. The number of amides is 1. The Morgan fingerprint density at radius 2 is 1.85 bits per heavy atom. The van der Waals surface area contributed by atoms with Crippen molar-refractivity contribution in [3.05, 3.63) is 29.8 Å². The second-order valence-electron chi connectivity index (χ2n) is 3.83. The van der Waals surface area contributed by atoms with Crippen molar-refractivity contribution >= 4 is 15.9 Å². The molecule has 112 valence electrons. The number of carbonyl (C=O) groups is 1. The fraction of sp³-hybridized carbons (Fsp3) is 0.364. The molecule has 0 atom stereocenters. The van der Waals surface area contributed by atoms with Crippen LogP contribution in [0.1, 0.15) is 10.4 Å². The van der Waals surface area contributed by atoms with Crippen LogP contribution in [0.25, 0.3) is 0 Å². The summed E-state index contributed by atoms with van der Waals surface area (Å²) in [5, 5.41) is 2.48. The minimum absolute atomic E-state index is 0.0460. The molecule has 9 heteroatoms. The molecule has 0 aliphatic rings. The van der Waals surface area contributed by atoms with Crippen LogP contribution >= 0.6 is 0 Å². The second-order valence-corrected chi connectivity index (χ2v) is 5.66. The summed E-state index contributed by atoms with van der Waals surface area (Å²) in [6.07, 6.45) is 1.01. The minimum Gasteiger partial charge on any atom is -0.435 e. The molecule has 1 amide bonds. The highest BCUT2D eigenvalue weighted by Crippen LogP contribution is 2.14. The standard InChI is InChI=1S/C11H14F2N2O4S/c1-20(17,18)15-7-6-14-10(16)8-2-4-9(5-3-8)19-11(12)13/h2-5,11,15H,6-7H2,1H3,(H,14,16). The zero-order valence-electron chi connectivity index (χ0n) is 10.6. The maximum Gasteiger partial charge on any atom is 0.387 e. The fourth-order valence-corrected chi connectivity index (χ4v) is 1.78. The number of benzene rings is 1. The van der Waals surface area contributed by atoms with Crippen molar-refractivity contribution in [3.8, 4) is 5.75 Å². The van der Waals surface area contributed by atoms with Gasteiger partial charge >= 0.3 is 6.61 Å². The molecular weight excluding hydrogens is 294 g/mol. The number of hydrogen-bond acceptors (Lipinski definition) is 4. The SMILES string of the molecule is CS(=O)(=O)NCCNC(=O)c1ccc(OC(F)F)cc1. The molecule has 0 radical (unpaired) electrons.